The number of alkyl halides is 2. The van der Waals surface area contributed by atoms with Crippen molar-refractivity contribution < 1.29 is 8.78 Å². The van der Waals surface area contributed by atoms with Gasteiger partial charge in [0.2, 0.25) is 5.92 Å². The number of imidazole rings is 1. The number of rotatable bonds is 1. The lowest BCUT2D eigenvalue weighted by Gasteiger charge is -2.26. The Kier molecular flexibility index (Phi) is 3.14. The number of aromatic nitrogens is 3. The van der Waals surface area contributed by atoms with Gasteiger partial charge in [0.15, 0.2) is 5.65 Å². The number of pyridine rings is 1. The molecule has 0 bridgehead atoms. The van der Waals surface area contributed by atoms with Crippen LogP contribution in [0.3, 0.4) is 0 Å². The van der Waals surface area contributed by atoms with Gasteiger partial charge in [-0.25, -0.2) is 18.7 Å². The molecule has 1 fully saturated rings. The number of nitrogens with one attached hydrogen (secondary N) is 1. The molecule has 3 rings (SSSR count). The van der Waals surface area contributed by atoms with E-state index in [1.807, 2.05) is 0 Å². The van der Waals surface area contributed by atoms with Gasteiger partial charge in [0.05, 0.1) is 10.5 Å². The summed E-state index contributed by atoms with van der Waals surface area (Å²) in [5.74, 6) is -1.82. The van der Waals surface area contributed by atoms with Gasteiger partial charge in [-0.15, -0.1) is 0 Å². The van der Waals surface area contributed by atoms with Crippen LogP contribution in [0.15, 0.2) is 6.07 Å². The number of halogens is 4. The Morgan fingerprint density at radius 1 is 1.21 bits per heavy atom. The summed E-state index contributed by atoms with van der Waals surface area (Å²) in [5, 5.41) is 0.543. The lowest BCUT2D eigenvalue weighted by Crippen LogP contribution is -2.24. The molecule has 1 saturated carbocycles. The van der Waals surface area contributed by atoms with E-state index in [0.717, 1.165) is 0 Å². The molecule has 1 aliphatic rings. The predicted molar refractivity (Wildman–Crippen MR) is 70.1 cm³/mol. The SMILES string of the molecule is FC1(F)CCC(c2nc3nc(Cl)c(Cl)cc3[nH]2)CC1. The van der Waals surface area contributed by atoms with Crippen molar-refractivity contribution in [1.29, 1.82) is 0 Å². The van der Waals surface area contributed by atoms with E-state index in [2.05, 4.69) is 15.0 Å². The first-order chi connectivity index (χ1) is 8.94. The molecular weight excluding hydrogens is 295 g/mol. The first-order valence-electron chi connectivity index (χ1n) is 6.04. The van der Waals surface area contributed by atoms with Crippen LogP contribution < -0.4 is 0 Å². The van der Waals surface area contributed by atoms with Gasteiger partial charge in [-0.3, -0.25) is 0 Å². The molecule has 0 unspecified atom stereocenters. The molecule has 1 N–H and O–H groups in total. The molecule has 2 aromatic heterocycles. The van der Waals surface area contributed by atoms with E-state index in [-0.39, 0.29) is 23.9 Å². The molecule has 0 spiro atoms. The Morgan fingerprint density at radius 2 is 1.89 bits per heavy atom. The fourth-order valence-electron chi connectivity index (χ4n) is 2.42. The molecule has 2 heterocycles. The van der Waals surface area contributed by atoms with Gasteiger partial charge in [0.25, 0.3) is 0 Å². The molecule has 0 aromatic carbocycles. The van der Waals surface area contributed by atoms with E-state index in [9.17, 15) is 8.78 Å². The molecule has 0 saturated heterocycles. The summed E-state index contributed by atoms with van der Waals surface area (Å²) in [7, 11) is 0. The van der Waals surface area contributed by atoms with Crippen molar-refractivity contribution in [2.75, 3.05) is 0 Å². The van der Waals surface area contributed by atoms with Crippen LogP contribution in [-0.2, 0) is 0 Å². The number of fused-ring (bicyclic) bond motifs is 1. The smallest absolute Gasteiger partial charge is 0.248 e. The summed E-state index contributed by atoms with van der Waals surface area (Å²) in [4.78, 5) is 11.5. The second kappa shape index (κ2) is 4.56. The number of hydrogen-bond donors (Lipinski definition) is 1. The van der Waals surface area contributed by atoms with Crippen molar-refractivity contribution in [1.82, 2.24) is 15.0 Å². The fourth-order valence-corrected chi connectivity index (χ4v) is 2.71. The van der Waals surface area contributed by atoms with Gasteiger partial charge in [-0.1, -0.05) is 23.2 Å². The maximum Gasteiger partial charge on any atom is 0.248 e. The van der Waals surface area contributed by atoms with Crippen molar-refractivity contribution in [2.45, 2.75) is 37.5 Å². The van der Waals surface area contributed by atoms with Gasteiger partial charge >= 0.3 is 0 Å². The Labute approximate surface area is 118 Å². The van der Waals surface area contributed by atoms with Gasteiger partial charge in [-0.2, -0.15) is 0 Å². The molecule has 19 heavy (non-hydrogen) atoms. The maximum atomic E-state index is 13.1. The third kappa shape index (κ3) is 2.54. The van der Waals surface area contributed by atoms with Crippen molar-refractivity contribution in [3.8, 4) is 0 Å². The molecule has 0 radical (unpaired) electrons. The minimum atomic E-state index is -2.53. The maximum absolute atomic E-state index is 13.1. The van der Waals surface area contributed by atoms with Crippen molar-refractivity contribution >= 4 is 34.4 Å². The number of nitrogens with zero attached hydrogens (tertiary/aromatic N) is 2. The zero-order valence-corrected chi connectivity index (χ0v) is 11.4. The van der Waals surface area contributed by atoms with E-state index in [4.69, 9.17) is 23.2 Å². The van der Waals surface area contributed by atoms with Crippen molar-refractivity contribution in [3.05, 3.63) is 22.1 Å². The molecular formula is C12H11Cl2F2N3. The van der Waals surface area contributed by atoms with Crippen LogP contribution in [0, 0.1) is 0 Å². The fraction of sp³-hybridized carbons (Fsp3) is 0.500. The van der Waals surface area contributed by atoms with E-state index in [1.165, 1.54) is 0 Å². The normalized spacial score (nSPS) is 20.0. The first kappa shape index (κ1) is 13.1. The van der Waals surface area contributed by atoms with Crippen LogP contribution in [0.2, 0.25) is 10.2 Å². The van der Waals surface area contributed by atoms with Crippen molar-refractivity contribution in [2.24, 2.45) is 0 Å². The van der Waals surface area contributed by atoms with Gasteiger partial charge < -0.3 is 4.98 Å². The lowest BCUT2D eigenvalue weighted by molar-refractivity contribution is -0.0387. The largest absolute Gasteiger partial charge is 0.340 e. The van der Waals surface area contributed by atoms with E-state index >= 15 is 0 Å². The molecule has 3 nitrogen and oxygen atoms in total. The minimum Gasteiger partial charge on any atom is -0.340 e. The summed E-state index contributed by atoms with van der Waals surface area (Å²) in [5.41, 5.74) is 1.16. The second-order valence-electron chi connectivity index (χ2n) is 4.88. The number of hydrogen-bond acceptors (Lipinski definition) is 2. The molecule has 2 aromatic rings. The monoisotopic (exact) mass is 305 g/mol. The zero-order valence-electron chi connectivity index (χ0n) is 9.89. The number of H-pyrrole nitrogens is 1. The third-order valence-corrected chi connectivity index (χ3v) is 4.18. The second-order valence-corrected chi connectivity index (χ2v) is 5.65. The summed E-state index contributed by atoms with van der Waals surface area (Å²) < 4.78 is 26.3. The molecule has 0 amide bonds. The Bertz CT molecular complexity index is 578. The predicted octanol–water partition coefficient (Wildman–Crippen LogP) is 4.56. The van der Waals surface area contributed by atoms with E-state index in [0.29, 0.717) is 34.9 Å². The molecule has 0 atom stereocenters. The molecule has 0 aliphatic heterocycles. The average molecular weight is 306 g/mol. The van der Waals surface area contributed by atoms with Crippen LogP contribution in [0.1, 0.15) is 37.4 Å². The molecule has 1 aliphatic carbocycles. The zero-order chi connectivity index (χ0) is 13.6. The summed E-state index contributed by atoms with van der Waals surface area (Å²) >= 11 is 11.7. The van der Waals surface area contributed by atoms with E-state index in [1.54, 1.807) is 6.07 Å². The Hall–Kier alpha value is -0.940. The highest BCUT2D eigenvalue weighted by molar-refractivity contribution is 6.41. The molecule has 7 heteroatoms. The highest BCUT2D eigenvalue weighted by Crippen LogP contribution is 2.40. The third-order valence-electron chi connectivity index (χ3n) is 3.51. The summed E-state index contributed by atoms with van der Waals surface area (Å²) in [6.45, 7) is 0. The summed E-state index contributed by atoms with van der Waals surface area (Å²) in [6, 6.07) is 1.65. The van der Waals surface area contributed by atoms with Gasteiger partial charge in [0, 0.05) is 18.8 Å². The molecule has 102 valence electrons. The van der Waals surface area contributed by atoms with E-state index < -0.39 is 5.92 Å². The topological polar surface area (TPSA) is 41.6 Å². The highest BCUT2D eigenvalue weighted by Gasteiger charge is 2.36. The Balaban J connectivity index is 1.90. The summed E-state index contributed by atoms with van der Waals surface area (Å²) in [6.07, 6.45) is 0.663. The van der Waals surface area contributed by atoms with Crippen LogP contribution in [0.4, 0.5) is 8.78 Å². The average Bonchev–Trinajstić information content (AvgIpc) is 2.72. The van der Waals surface area contributed by atoms with Gasteiger partial charge in [-0.05, 0) is 18.9 Å². The quantitative estimate of drug-likeness (QED) is 0.785. The Morgan fingerprint density at radius 3 is 2.58 bits per heavy atom. The van der Waals surface area contributed by atoms with Gasteiger partial charge in [0.1, 0.15) is 11.0 Å². The van der Waals surface area contributed by atoms with Crippen LogP contribution in [0.25, 0.3) is 11.2 Å². The highest BCUT2D eigenvalue weighted by atomic mass is 35.5. The first-order valence-corrected chi connectivity index (χ1v) is 6.80. The van der Waals surface area contributed by atoms with Crippen LogP contribution >= 0.6 is 23.2 Å². The minimum absolute atomic E-state index is 0.0198. The van der Waals surface area contributed by atoms with Crippen LogP contribution in [0.5, 0.6) is 0 Å². The standard InChI is InChI=1S/C12H11Cl2F2N3/c13-7-5-8-11(18-9(7)14)19-10(17-8)6-1-3-12(15,16)4-2-6/h5-6H,1-4H2,(H,17,18,19). The van der Waals surface area contributed by atoms with Crippen molar-refractivity contribution in [3.63, 3.8) is 0 Å². The lowest BCUT2D eigenvalue weighted by atomic mass is 9.86. The van der Waals surface area contributed by atoms with Crippen LogP contribution in [-0.4, -0.2) is 20.9 Å². The number of aromatic amines is 1.